The molecule has 2 aromatic rings. The molecule has 2 aromatic heterocycles. The molecule has 148 valence electrons. The standard InChI is InChI=1S/C21H26N4O2S/c1-27-14-4-2-13(3-5-14)17(12-22)25-21(26)19-7-6-18(28-19)15-8-10-23-20-16(15)9-11-24-20/h2,4,7-11,17-18,21,25-26H,3,5-6,12,22H2,1H3,(H,23,24). The molecule has 5 N–H and O–H groups in total. The molecular weight excluding hydrogens is 372 g/mol. The lowest BCUT2D eigenvalue weighted by atomic mass is 9.96. The van der Waals surface area contributed by atoms with E-state index in [1.807, 2.05) is 18.5 Å². The van der Waals surface area contributed by atoms with Gasteiger partial charge >= 0.3 is 0 Å². The Balaban J connectivity index is 1.42. The highest BCUT2D eigenvalue weighted by atomic mass is 32.2. The van der Waals surface area contributed by atoms with Crippen LogP contribution in [0.1, 0.15) is 30.1 Å². The Bertz CT molecular complexity index is 933. The van der Waals surface area contributed by atoms with Gasteiger partial charge in [-0.2, -0.15) is 0 Å². The second-order valence-corrected chi connectivity index (χ2v) is 8.30. The molecule has 0 bridgehead atoms. The summed E-state index contributed by atoms with van der Waals surface area (Å²) in [4.78, 5) is 8.48. The van der Waals surface area contributed by atoms with Crippen LogP contribution >= 0.6 is 11.8 Å². The van der Waals surface area contributed by atoms with Gasteiger partial charge < -0.3 is 20.6 Å². The van der Waals surface area contributed by atoms with E-state index in [1.165, 1.54) is 11.1 Å². The Morgan fingerprint density at radius 3 is 3.04 bits per heavy atom. The number of aromatic amines is 1. The average molecular weight is 399 g/mol. The first-order chi connectivity index (χ1) is 13.7. The summed E-state index contributed by atoms with van der Waals surface area (Å²) < 4.78 is 5.29. The van der Waals surface area contributed by atoms with Crippen LogP contribution in [0.2, 0.25) is 0 Å². The minimum Gasteiger partial charge on any atom is -0.501 e. The Hall–Kier alpha value is -2.06. The zero-order chi connectivity index (χ0) is 19.5. The number of thioether (sulfide) groups is 1. The van der Waals surface area contributed by atoms with Crippen molar-refractivity contribution in [3.8, 4) is 0 Å². The Kier molecular flexibility index (Phi) is 5.87. The first kappa shape index (κ1) is 19.3. The minimum absolute atomic E-state index is 0.0532. The van der Waals surface area contributed by atoms with Crippen LogP contribution in [0, 0.1) is 0 Å². The lowest BCUT2D eigenvalue weighted by Crippen LogP contribution is -2.44. The van der Waals surface area contributed by atoms with Crippen molar-refractivity contribution in [2.24, 2.45) is 5.73 Å². The van der Waals surface area contributed by atoms with Crippen molar-refractivity contribution < 1.29 is 9.84 Å². The van der Waals surface area contributed by atoms with Crippen molar-refractivity contribution in [3.63, 3.8) is 0 Å². The maximum atomic E-state index is 10.8. The first-order valence-electron chi connectivity index (χ1n) is 9.56. The van der Waals surface area contributed by atoms with Gasteiger partial charge in [0.15, 0.2) is 0 Å². The minimum atomic E-state index is -0.721. The molecule has 28 heavy (non-hydrogen) atoms. The van der Waals surface area contributed by atoms with Gasteiger partial charge in [0.2, 0.25) is 0 Å². The van der Waals surface area contributed by atoms with Gasteiger partial charge in [0, 0.05) is 46.9 Å². The van der Waals surface area contributed by atoms with Gasteiger partial charge in [-0.15, -0.1) is 11.8 Å². The molecule has 0 fully saturated rings. The predicted octanol–water partition coefficient (Wildman–Crippen LogP) is 3.11. The average Bonchev–Trinajstić information content (AvgIpc) is 3.41. The smallest absolute Gasteiger partial charge is 0.137 e. The van der Waals surface area contributed by atoms with Crippen molar-refractivity contribution in [2.45, 2.75) is 36.8 Å². The molecule has 7 heteroatoms. The number of aliphatic hydroxyl groups is 1. The highest BCUT2D eigenvalue weighted by molar-refractivity contribution is 8.03. The molecule has 0 saturated heterocycles. The number of aliphatic hydroxyl groups excluding tert-OH is 1. The number of allylic oxidation sites excluding steroid dienone is 4. The number of fused-ring (bicyclic) bond motifs is 1. The summed E-state index contributed by atoms with van der Waals surface area (Å²) in [5, 5.41) is 15.5. The summed E-state index contributed by atoms with van der Waals surface area (Å²) in [6.45, 7) is 0.439. The van der Waals surface area contributed by atoms with E-state index in [9.17, 15) is 5.11 Å². The predicted molar refractivity (Wildman–Crippen MR) is 114 cm³/mol. The number of aromatic nitrogens is 2. The first-order valence-corrected chi connectivity index (χ1v) is 10.4. The maximum Gasteiger partial charge on any atom is 0.137 e. The van der Waals surface area contributed by atoms with Crippen molar-refractivity contribution in [3.05, 3.63) is 64.6 Å². The molecule has 6 nitrogen and oxygen atoms in total. The van der Waals surface area contributed by atoms with E-state index in [-0.39, 0.29) is 11.3 Å². The summed E-state index contributed by atoms with van der Waals surface area (Å²) in [6.07, 6.45) is 11.8. The normalized spacial score (nSPS) is 21.8. The Labute approximate surface area is 168 Å². The SMILES string of the molecule is COC1=CC=C(C(CN)NC(O)C2=CCC(c3ccnc4[nH]ccc34)S2)CC1. The quantitative estimate of drug-likeness (QED) is 0.535. The third-order valence-electron chi connectivity index (χ3n) is 5.37. The number of methoxy groups -OCH3 is 1. The topological polar surface area (TPSA) is 96.2 Å². The number of H-pyrrole nitrogens is 1. The van der Waals surface area contributed by atoms with Gasteiger partial charge in [0.25, 0.3) is 0 Å². The van der Waals surface area contributed by atoms with E-state index >= 15 is 0 Å². The molecule has 2 aliphatic rings. The molecule has 3 unspecified atom stereocenters. The molecule has 1 aliphatic carbocycles. The Morgan fingerprint density at radius 2 is 2.29 bits per heavy atom. The van der Waals surface area contributed by atoms with Crippen LogP contribution in [0.15, 0.2) is 59.0 Å². The number of hydrogen-bond donors (Lipinski definition) is 4. The zero-order valence-corrected chi connectivity index (χ0v) is 16.7. The molecule has 4 rings (SSSR count). The van der Waals surface area contributed by atoms with Gasteiger partial charge in [-0.3, -0.25) is 5.32 Å². The molecule has 0 aromatic carbocycles. The van der Waals surface area contributed by atoms with Crippen LogP contribution in [0.4, 0.5) is 0 Å². The van der Waals surface area contributed by atoms with Crippen molar-refractivity contribution in [1.82, 2.24) is 15.3 Å². The number of pyridine rings is 1. The van der Waals surface area contributed by atoms with E-state index in [2.05, 4.69) is 39.6 Å². The van der Waals surface area contributed by atoms with Crippen LogP contribution in [-0.2, 0) is 4.74 Å². The van der Waals surface area contributed by atoms with Gasteiger partial charge in [-0.1, -0.05) is 17.7 Å². The summed E-state index contributed by atoms with van der Waals surface area (Å²) in [5.74, 6) is 0.977. The molecule has 3 heterocycles. The number of rotatable bonds is 7. The van der Waals surface area contributed by atoms with Gasteiger partial charge in [0.1, 0.15) is 11.9 Å². The number of ether oxygens (including phenoxy) is 1. The molecular formula is C21H26N4O2S. The van der Waals surface area contributed by atoms with Crippen molar-refractivity contribution in [2.75, 3.05) is 13.7 Å². The van der Waals surface area contributed by atoms with E-state index in [1.54, 1.807) is 18.9 Å². The zero-order valence-electron chi connectivity index (χ0n) is 15.9. The van der Waals surface area contributed by atoms with Gasteiger partial charge in [-0.05, 0) is 36.6 Å². The summed E-state index contributed by atoms with van der Waals surface area (Å²) in [6, 6.07) is 4.08. The lowest BCUT2D eigenvalue weighted by molar-refractivity contribution is 0.170. The Morgan fingerprint density at radius 1 is 1.39 bits per heavy atom. The van der Waals surface area contributed by atoms with Gasteiger partial charge in [-0.25, -0.2) is 4.98 Å². The molecule has 1 aliphatic heterocycles. The van der Waals surface area contributed by atoms with Crippen molar-refractivity contribution >= 4 is 22.8 Å². The molecule has 0 spiro atoms. The number of nitrogens with one attached hydrogen (secondary N) is 2. The van der Waals surface area contributed by atoms with Gasteiger partial charge in [0.05, 0.1) is 12.9 Å². The number of hydrogen-bond acceptors (Lipinski definition) is 6. The summed E-state index contributed by atoms with van der Waals surface area (Å²) >= 11 is 1.71. The molecule has 0 radical (unpaired) electrons. The highest BCUT2D eigenvalue weighted by Gasteiger charge is 2.27. The van der Waals surface area contributed by atoms with Crippen molar-refractivity contribution in [1.29, 1.82) is 0 Å². The highest BCUT2D eigenvalue weighted by Crippen LogP contribution is 2.46. The third kappa shape index (κ3) is 3.89. The number of nitrogens with zero attached hydrogens (tertiary/aromatic N) is 1. The molecule has 0 amide bonds. The van der Waals surface area contributed by atoms with E-state index in [0.29, 0.717) is 6.54 Å². The number of nitrogens with two attached hydrogens (primary N) is 1. The van der Waals surface area contributed by atoms with Crippen LogP contribution in [0.3, 0.4) is 0 Å². The van der Waals surface area contributed by atoms with E-state index in [0.717, 1.165) is 41.0 Å². The third-order valence-corrected chi connectivity index (χ3v) is 6.76. The maximum absolute atomic E-state index is 10.8. The second kappa shape index (κ2) is 8.53. The lowest BCUT2D eigenvalue weighted by Gasteiger charge is -2.26. The van der Waals surface area contributed by atoms with Crippen LogP contribution < -0.4 is 11.1 Å². The van der Waals surface area contributed by atoms with E-state index < -0.39 is 6.23 Å². The van der Waals surface area contributed by atoms with Crippen LogP contribution in [-0.4, -0.2) is 41.0 Å². The molecule has 3 atom stereocenters. The largest absolute Gasteiger partial charge is 0.501 e. The van der Waals surface area contributed by atoms with Crippen LogP contribution in [0.5, 0.6) is 0 Å². The fraction of sp³-hybridized carbons (Fsp3) is 0.381. The summed E-state index contributed by atoms with van der Waals surface area (Å²) in [7, 11) is 1.69. The fourth-order valence-electron chi connectivity index (χ4n) is 3.81. The van der Waals surface area contributed by atoms with Crippen LogP contribution in [0.25, 0.3) is 11.0 Å². The molecule has 0 saturated carbocycles. The monoisotopic (exact) mass is 398 g/mol. The van der Waals surface area contributed by atoms with E-state index in [4.69, 9.17) is 10.5 Å². The summed E-state index contributed by atoms with van der Waals surface area (Å²) in [5.41, 5.74) is 9.33. The fourth-order valence-corrected chi connectivity index (χ4v) is 5.05. The second-order valence-electron chi connectivity index (χ2n) is 7.02.